The molecule has 0 aromatic heterocycles. The van der Waals surface area contributed by atoms with Crippen molar-refractivity contribution in [3.8, 4) is 0 Å². The van der Waals surface area contributed by atoms with E-state index in [2.05, 4.69) is 12.6 Å². The molecule has 0 aliphatic heterocycles. The number of aliphatic carboxylic acids is 1. The minimum absolute atomic E-state index is 0. The minimum atomic E-state index is -0.881. The van der Waals surface area contributed by atoms with Gasteiger partial charge in [0.05, 0.1) is 5.75 Å². The Morgan fingerprint density at radius 3 is 2.00 bits per heavy atom. The molecule has 0 aromatic carbocycles. The molecule has 0 saturated carbocycles. The third-order valence-electron chi connectivity index (χ3n) is 0.135. The normalized spacial score (nSPS) is 6.17. The summed E-state index contributed by atoms with van der Waals surface area (Å²) in [5.41, 5.74) is 0. The molecule has 0 atom stereocenters. The Bertz CT molecular complexity index is 46.8. The molecule has 6 heavy (non-hydrogen) atoms. The van der Waals surface area contributed by atoms with Crippen molar-refractivity contribution in [2.24, 2.45) is 0 Å². The topological polar surface area (TPSA) is 37.3 Å². The van der Waals surface area contributed by atoms with E-state index >= 15 is 0 Å². The van der Waals surface area contributed by atoms with Crippen molar-refractivity contribution >= 4 is 45.9 Å². The molecule has 4 heteroatoms. The third-order valence-corrected chi connectivity index (χ3v) is 0.406. The fourth-order valence-electron chi connectivity index (χ4n) is 0. The quantitative estimate of drug-likeness (QED) is 0.486. The van der Waals surface area contributed by atoms with Crippen molar-refractivity contribution in [2.75, 3.05) is 5.75 Å². The summed E-state index contributed by atoms with van der Waals surface area (Å²) in [7, 11) is 0. The van der Waals surface area contributed by atoms with Crippen LogP contribution in [0.1, 0.15) is 0 Å². The van der Waals surface area contributed by atoms with Crippen LogP contribution in [-0.2, 0) is 4.79 Å². The van der Waals surface area contributed by atoms with E-state index in [1.54, 1.807) is 0 Å². The Labute approximate surface area is 61.5 Å². The molecule has 0 saturated heterocycles. The van der Waals surface area contributed by atoms with Gasteiger partial charge in [-0.05, 0) is 0 Å². The van der Waals surface area contributed by atoms with Gasteiger partial charge < -0.3 is 5.11 Å². The Kier molecular flexibility index (Phi) is 9.46. The zero-order valence-electron chi connectivity index (χ0n) is 3.22. The molecule has 36 valence electrons. The molecule has 0 bridgehead atoms. The van der Waals surface area contributed by atoms with Crippen molar-refractivity contribution in [1.29, 1.82) is 0 Å². The van der Waals surface area contributed by atoms with E-state index in [-0.39, 0.29) is 33.1 Å². The second-order valence-electron chi connectivity index (χ2n) is 0.552. The second-order valence-corrected chi connectivity index (χ2v) is 0.868. The molecule has 0 unspecified atom stereocenters. The van der Waals surface area contributed by atoms with Crippen LogP contribution in [0.2, 0.25) is 0 Å². The van der Waals surface area contributed by atoms with Crippen LogP contribution in [-0.4, -0.2) is 44.1 Å². The summed E-state index contributed by atoms with van der Waals surface area (Å²) in [5, 5.41) is 7.65. The van der Waals surface area contributed by atoms with Crippen molar-refractivity contribution < 1.29 is 9.90 Å². The monoisotopic (exact) mass is 302 g/mol. The maximum atomic E-state index is 9.29. The van der Waals surface area contributed by atoms with Crippen LogP contribution < -0.4 is 0 Å². The zero-order chi connectivity index (χ0) is 4.28. The van der Waals surface area contributed by atoms with Gasteiger partial charge in [-0.2, -0.15) is 12.6 Å². The molecule has 0 heterocycles. The summed E-state index contributed by atoms with van der Waals surface area (Å²) >= 11 is 3.42. The fourth-order valence-corrected chi connectivity index (χ4v) is 0. The van der Waals surface area contributed by atoms with Gasteiger partial charge >= 0.3 is 33.3 Å². The number of hydrogen-bond acceptors (Lipinski definition) is 2. The van der Waals surface area contributed by atoms with Crippen LogP contribution in [0.3, 0.4) is 0 Å². The number of carboxylic acids is 1. The molecule has 0 aliphatic rings. The predicted molar refractivity (Wildman–Crippen MR) is 30.0 cm³/mol. The van der Waals surface area contributed by atoms with Gasteiger partial charge in [0.1, 0.15) is 0 Å². The van der Waals surface area contributed by atoms with E-state index in [9.17, 15) is 4.79 Å². The summed E-state index contributed by atoms with van der Waals surface area (Å²) in [4.78, 5) is 9.29. The van der Waals surface area contributed by atoms with Crippen LogP contribution in [0, 0.1) is 0 Å². The summed E-state index contributed by atoms with van der Waals surface area (Å²) < 4.78 is 0. The molecular weight excluding hydrogens is 295 g/mol. The summed E-state index contributed by atoms with van der Waals surface area (Å²) in [6.45, 7) is 0. The average Bonchev–Trinajstić information content (AvgIpc) is 1.38. The number of carboxylic acid groups (broad SMARTS) is 1. The van der Waals surface area contributed by atoms with Crippen LogP contribution in [0.25, 0.3) is 0 Å². The Hall–Kier alpha value is 0.742. The van der Waals surface area contributed by atoms with E-state index < -0.39 is 5.97 Å². The summed E-state index contributed by atoms with van der Waals surface area (Å²) in [5.74, 6) is -0.965. The number of carbonyl (C=O) groups is 1. The first-order valence-corrected chi connectivity index (χ1v) is 1.73. The molecule has 0 amide bonds. The van der Waals surface area contributed by atoms with Crippen molar-refractivity contribution in [1.82, 2.24) is 0 Å². The van der Waals surface area contributed by atoms with Gasteiger partial charge in [-0.1, -0.05) is 0 Å². The molecular formula is C2H6O2PbS. The van der Waals surface area contributed by atoms with E-state index in [1.165, 1.54) is 0 Å². The molecule has 0 fully saturated rings. The van der Waals surface area contributed by atoms with Gasteiger partial charge in [0.15, 0.2) is 0 Å². The molecule has 0 aliphatic carbocycles. The third kappa shape index (κ3) is 8.83. The van der Waals surface area contributed by atoms with Gasteiger partial charge in [0.25, 0.3) is 0 Å². The fraction of sp³-hybridized carbons (Fsp3) is 0.500. The van der Waals surface area contributed by atoms with Crippen LogP contribution in [0.5, 0.6) is 0 Å². The van der Waals surface area contributed by atoms with Crippen LogP contribution in [0.15, 0.2) is 0 Å². The van der Waals surface area contributed by atoms with E-state index in [0.29, 0.717) is 0 Å². The molecule has 1 N–H and O–H groups in total. The first kappa shape index (κ1) is 9.89. The summed E-state index contributed by atoms with van der Waals surface area (Å²) in [6, 6.07) is 0. The Morgan fingerprint density at radius 2 is 2.00 bits per heavy atom. The van der Waals surface area contributed by atoms with Crippen molar-refractivity contribution in [3.05, 3.63) is 0 Å². The molecule has 2 nitrogen and oxygen atoms in total. The SMILES string of the molecule is O=C(O)CS.[PbH2]. The van der Waals surface area contributed by atoms with Gasteiger partial charge in [-0.15, -0.1) is 0 Å². The number of rotatable bonds is 1. The first-order chi connectivity index (χ1) is 2.27. The predicted octanol–water partition coefficient (Wildman–Crippen LogP) is -0.915. The molecule has 0 aromatic rings. The Morgan fingerprint density at radius 1 is 1.83 bits per heavy atom. The molecule has 0 spiro atoms. The maximum absolute atomic E-state index is 9.29. The Balaban J connectivity index is 0. The number of hydrogen-bond donors (Lipinski definition) is 2. The standard InChI is InChI=1S/C2H4O2S.Pb.2H/c3-2(4)1-5;;;/h5H,1H2,(H,3,4);;;. The van der Waals surface area contributed by atoms with Gasteiger partial charge in [0, 0.05) is 0 Å². The van der Waals surface area contributed by atoms with Crippen LogP contribution in [0.4, 0.5) is 0 Å². The molecule has 0 rings (SSSR count). The van der Waals surface area contributed by atoms with Crippen LogP contribution >= 0.6 is 12.6 Å². The van der Waals surface area contributed by atoms with Gasteiger partial charge in [-0.3, -0.25) is 4.79 Å². The second kappa shape index (κ2) is 5.74. The first-order valence-electron chi connectivity index (χ1n) is 1.10. The zero-order valence-corrected chi connectivity index (χ0v) is 9.61. The molecule has 2 radical (unpaired) electrons. The van der Waals surface area contributed by atoms with Crippen molar-refractivity contribution in [3.63, 3.8) is 0 Å². The van der Waals surface area contributed by atoms with Gasteiger partial charge in [0.2, 0.25) is 0 Å². The average molecular weight is 301 g/mol. The van der Waals surface area contributed by atoms with Crippen molar-refractivity contribution in [2.45, 2.75) is 0 Å². The van der Waals surface area contributed by atoms with Gasteiger partial charge in [-0.25, -0.2) is 0 Å². The summed E-state index contributed by atoms with van der Waals surface area (Å²) in [6.07, 6.45) is 0. The van der Waals surface area contributed by atoms with E-state index in [0.717, 1.165) is 0 Å². The van der Waals surface area contributed by atoms with E-state index in [4.69, 9.17) is 5.11 Å². The number of thiol groups is 1. The van der Waals surface area contributed by atoms with E-state index in [1.807, 2.05) is 0 Å².